The van der Waals surface area contributed by atoms with Crippen LogP contribution in [0.25, 0.3) is 0 Å². The fourth-order valence-corrected chi connectivity index (χ4v) is 2.03. The number of benzene rings is 1. The van der Waals surface area contributed by atoms with E-state index in [4.69, 9.17) is 4.74 Å². The molecule has 21 heavy (non-hydrogen) atoms. The lowest BCUT2D eigenvalue weighted by Crippen LogP contribution is -2.21. The highest BCUT2D eigenvalue weighted by atomic mass is 16.6. The molecule has 0 saturated heterocycles. The number of rotatable bonds is 8. The number of methoxy groups -OCH3 is 1. The minimum Gasteiger partial charge on any atom is -0.383 e. The second kappa shape index (κ2) is 7.51. The lowest BCUT2D eigenvalue weighted by molar-refractivity contribution is -0.385. The van der Waals surface area contributed by atoms with E-state index in [1.807, 2.05) is 10.8 Å². The molecule has 0 bridgehead atoms. The molecule has 1 N–H and O–H groups in total. The zero-order chi connectivity index (χ0) is 15.1. The summed E-state index contributed by atoms with van der Waals surface area (Å²) in [5, 5.41) is 14.2. The van der Waals surface area contributed by atoms with E-state index in [-0.39, 0.29) is 10.6 Å². The van der Waals surface area contributed by atoms with Gasteiger partial charge in [-0.05, 0) is 0 Å². The summed E-state index contributed by atoms with van der Waals surface area (Å²) in [6.45, 7) is 2.38. The average molecular weight is 290 g/mol. The van der Waals surface area contributed by atoms with Gasteiger partial charge in [0.05, 0.1) is 24.6 Å². The summed E-state index contributed by atoms with van der Waals surface area (Å²) < 4.78 is 6.87. The van der Waals surface area contributed by atoms with Crippen molar-refractivity contribution in [2.45, 2.75) is 13.1 Å². The molecule has 0 fully saturated rings. The van der Waals surface area contributed by atoms with E-state index in [1.54, 1.807) is 31.5 Å². The molecule has 0 saturated carbocycles. The van der Waals surface area contributed by atoms with Gasteiger partial charge in [0.25, 0.3) is 5.69 Å². The third-order valence-corrected chi connectivity index (χ3v) is 3.10. The highest BCUT2D eigenvalue weighted by molar-refractivity contribution is 5.40. The molecular formula is C14H18N4O3. The first-order valence-electron chi connectivity index (χ1n) is 6.64. The van der Waals surface area contributed by atoms with Crippen molar-refractivity contribution >= 4 is 5.69 Å². The predicted molar refractivity (Wildman–Crippen MR) is 78.0 cm³/mol. The fourth-order valence-electron chi connectivity index (χ4n) is 2.03. The largest absolute Gasteiger partial charge is 0.383 e. The molecule has 7 heteroatoms. The maximum atomic E-state index is 11.0. The minimum absolute atomic E-state index is 0.129. The Morgan fingerprint density at radius 1 is 1.43 bits per heavy atom. The molecule has 2 aromatic rings. The molecule has 0 unspecified atom stereocenters. The highest BCUT2D eigenvalue weighted by Crippen LogP contribution is 2.19. The number of nitro benzene ring substituents is 1. The van der Waals surface area contributed by atoms with Gasteiger partial charge in [0.1, 0.15) is 5.82 Å². The Balaban J connectivity index is 2.07. The van der Waals surface area contributed by atoms with Crippen LogP contribution in [-0.2, 0) is 17.8 Å². The van der Waals surface area contributed by atoms with Gasteiger partial charge in [-0.15, -0.1) is 0 Å². The molecule has 2 rings (SSSR count). The van der Waals surface area contributed by atoms with E-state index in [9.17, 15) is 10.1 Å². The molecule has 0 aliphatic rings. The van der Waals surface area contributed by atoms with Crippen molar-refractivity contribution in [3.63, 3.8) is 0 Å². The number of ether oxygens (including phenoxy) is 1. The Morgan fingerprint density at radius 3 is 3.00 bits per heavy atom. The smallest absolute Gasteiger partial charge is 0.274 e. The number of hydrogen-bond acceptors (Lipinski definition) is 5. The van der Waals surface area contributed by atoms with Crippen molar-refractivity contribution in [3.8, 4) is 0 Å². The molecule has 0 spiro atoms. The van der Waals surface area contributed by atoms with Crippen LogP contribution in [0.3, 0.4) is 0 Å². The Bertz CT molecular complexity index is 597. The molecule has 112 valence electrons. The Labute approximate surface area is 122 Å². The van der Waals surface area contributed by atoms with Gasteiger partial charge in [0.15, 0.2) is 0 Å². The molecule has 1 aromatic carbocycles. The van der Waals surface area contributed by atoms with Crippen LogP contribution in [0, 0.1) is 10.1 Å². The van der Waals surface area contributed by atoms with Crippen molar-refractivity contribution in [1.82, 2.24) is 14.9 Å². The molecule has 1 heterocycles. The zero-order valence-corrected chi connectivity index (χ0v) is 11.9. The summed E-state index contributed by atoms with van der Waals surface area (Å²) in [7, 11) is 1.65. The van der Waals surface area contributed by atoms with Gasteiger partial charge in [-0.25, -0.2) is 4.98 Å². The number of para-hydroxylation sites is 1. The first-order chi connectivity index (χ1) is 10.2. The van der Waals surface area contributed by atoms with E-state index in [0.29, 0.717) is 25.3 Å². The Hall–Kier alpha value is -2.25. The third-order valence-electron chi connectivity index (χ3n) is 3.10. The second-order valence-electron chi connectivity index (χ2n) is 4.53. The SMILES string of the molecule is COCCNCc1nccn1Cc1ccccc1[N+](=O)[O-]. The summed E-state index contributed by atoms with van der Waals surface area (Å²) in [5.41, 5.74) is 0.795. The molecule has 0 atom stereocenters. The second-order valence-corrected chi connectivity index (χ2v) is 4.53. The fraction of sp³-hybridized carbons (Fsp3) is 0.357. The monoisotopic (exact) mass is 290 g/mol. The lowest BCUT2D eigenvalue weighted by Gasteiger charge is -2.09. The van der Waals surface area contributed by atoms with Gasteiger partial charge < -0.3 is 14.6 Å². The van der Waals surface area contributed by atoms with Gasteiger partial charge in [-0.3, -0.25) is 10.1 Å². The molecule has 0 aliphatic heterocycles. The van der Waals surface area contributed by atoms with E-state index in [2.05, 4.69) is 10.3 Å². The zero-order valence-electron chi connectivity index (χ0n) is 11.9. The number of nitrogens with zero attached hydrogens (tertiary/aromatic N) is 3. The van der Waals surface area contributed by atoms with Crippen LogP contribution < -0.4 is 5.32 Å². The number of nitro groups is 1. The average Bonchev–Trinajstić information content (AvgIpc) is 2.91. The van der Waals surface area contributed by atoms with Crippen molar-refractivity contribution < 1.29 is 9.66 Å². The Kier molecular flexibility index (Phi) is 5.42. The molecule has 0 radical (unpaired) electrons. The molecule has 1 aromatic heterocycles. The molecule has 0 aliphatic carbocycles. The van der Waals surface area contributed by atoms with E-state index < -0.39 is 0 Å². The Morgan fingerprint density at radius 2 is 2.24 bits per heavy atom. The van der Waals surface area contributed by atoms with Gasteiger partial charge in [0, 0.05) is 37.7 Å². The lowest BCUT2D eigenvalue weighted by atomic mass is 10.2. The van der Waals surface area contributed by atoms with E-state index in [1.165, 1.54) is 6.07 Å². The third kappa shape index (κ3) is 4.11. The summed E-state index contributed by atoms with van der Waals surface area (Å²) in [5.74, 6) is 0.837. The number of hydrogen-bond donors (Lipinski definition) is 1. The van der Waals surface area contributed by atoms with Gasteiger partial charge in [-0.2, -0.15) is 0 Å². The van der Waals surface area contributed by atoms with Gasteiger partial charge >= 0.3 is 0 Å². The predicted octanol–water partition coefficient (Wildman–Crippen LogP) is 1.58. The van der Waals surface area contributed by atoms with Crippen LogP contribution in [0.1, 0.15) is 11.4 Å². The molecule has 7 nitrogen and oxygen atoms in total. The summed E-state index contributed by atoms with van der Waals surface area (Å²) in [6, 6.07) is 6.75. The highest BCUT2D eigenvalue weighted by Gasteiger charge is 2.13. The van der Waals surface area contributed by atoms with Crippen molar-refractivity contribution in [3.05, 3.63) is 58.2 Å². The van der Waals surface area contributed by atoms with Crippen molar-refractivity contribution in [2.75, 3.05) is 20.3 Å². The van der Waals surface area contributed by atoms with Gasteiger partial charge in [-0.1, -0.05) is 18.2 Å². The summed E-state index contributed by atoms with van der Waals surface area (Å²) in [6.07, 6.45) is 3.52. The molecular weight excluding hydrogens is 272 g/mol. The van der Waals surface area contributed by atoms with Crippen LogP contribution >= 0.6 is 0 Å². The van der Waals surface area contributed by atoms with Crippen LogP contribution in [-0.4, -0.2) is 34.7 Å². The molecule has 0 amide bonds. The maximum absolute atomic E-state index is 11.0. The summed E-state index contributed by atoms with van der Waals surface area (Å²) in [4.78, 5) is 14.9. The number of imidazole rings is 1. The number of nitrogens with one attached hydrogen (secondary N) is 1. The van der Waals surface area contributed by atoms with E-state index >= 15 is 0 Å². The van der Waals surface area contributed by atoms with Crippen molar-refractivity contribution in [1.29, 1.82) is 0 Å². The normalized spacial score (nSPS) is 10.7. The topological polar surface area (TPSA) is 82.2 Å². The quantitative estimate of drug-likeness (QED) is 0.453. The number of aromatic nitrogens is 2. The van der Waals surface area contributed by atoms with Crippen LogP contribution in [0.5, 0.6) is 0 Å². The first kappa shape index (κ1) is 15.1. The van der Waals surface area contributed by atoms with Crippen LogP contribution in [0.2, 0.25) is 0 Å². The first-order valence-corrected chi connectivity index (χ1v) is 6.64. The van der Waals surface area contributed by atoms with Crippen LogP contribution in [0.4, 0.5) is 5.69 Å². The summed E-state index contributed by atoms with van der Waals surface area (Å²) >= 11 is 0. The standard InChI is InChI=1S/C14H18N4O3/c1-21-9-7-15-10-14-16-6-8-17(14)11-12-4-2-3-5-13(12)18(19)20/h2-6,8,15H,7,9-11H2,1H3. The van der Waals surface area contributed by atoms with Crippen molar-refractivity contribution in [2.24, 2.45) is 0 Å². The van der Waals surface area contributed by atoms with Crippen LogP contribution in [0.15, 0.2) is 36.7 Å². The minimum atomic E-state index is -0.358. The van der Waals surface area contributed by atoms with E-state index in [0.717, 1.165) is 12.4 Å². The van der Waals surface area contributed by atoms with Gasteiger partial charge in [0.2, 0.25) is 0 Å². The maximum Gasteiger partial charge on any atom is 0.274 e.